The van der Waals surface area contributed by atoms with E-state index in [1.807, 2.05) is 0 Å². The second-order valence-electron chi connectivity index (χ2n) is 2.95. The third-order valence-electron chi connectivity index (χ3n) is 1.70. The molecule has 0 radical (unpaired) electrons. The Hall–Kier alpha value is -1.58. The summed E-state index contributed by atoms with van der Waals surface area (Å²) in [6, 6.07) is 4.81. The average Bonchev–Trinajstić information content (AvgIpc) is 2.08. The fourth-order valence-electron chi connectivity index (χ4n) is 0.878. The van der Waals surface area contributed by atoms with Crippen LogP contribution in [0.15, 0.2) is 29.2 Å². The second kappa shape index (κ2) is 3.89. The van der Waals surface area contributed by atoms with Crippen LogP contribution < -0.4 is 5.56 Å². The van der Waals surface area contributed by atoms with Crippen molar-refractivity contribution in [2.24, 2.45) is 0 Å². The number of carbonyl (C=O) groups is 1. The summed E-state index contributed by atoms with van der Waals surface area (Å²) in [6.45, 7) is 0.104. The number of aromatic nitrogens is 1. The molecule has 4 heteroatoms. The van der Waals surface area contributed by atoms with Crippen molar-refractivity contribution in [1.29, 1.82) is 0 Å². The van der Waals surface area contributed by atoms with Crippen LogP contribution in [0, 0.1) is 0 Å². The Morgan fingerprint density at radius 2 is 2.15 bits per heavy atom. The summed E-state index contributed by atoms with van der Waals surface area (Å²) in [5, 5.41) is 0. The van der Waals surface area contributed by atoms with Gasteiger partial charge in [0.25, 0.3) is 5.56 Å². The van der Waals surface area contributed by atoms with E-state index in [1.54, 1.807) is 32.4 Å². The van der Waals surface area contributed by atoms with Gasteiger partial charge >= 0.3 is 0 Å². The molecule has 4 nitrogen and oxygen atoms in total. The van der Waals surface area contributed by atoms with Gasteiger partial charge in [-0.15, -0.1) is 0 Å². The molecule has 0 saturated carbocycles. The number of nitrogens with zero attached hydrogens (tertiary/aromatic N) is 2. The van der Waals surface area contributed by atoms with Crippen molar-refractivity contribution in [1.82, 2.24) is 9.47 Å². The number of pyridine rings is 1. The van der Waals surface area contributed by atoms with Crippen LogP contribution in [-0.4, -0.2) is 29.5 Å². The van der Waals surface area contributed by atoms with Crippen molar-refractivity contribution >= 4 is 5.91 Å². The SMILES string of the molecule is CN(C)C(=O)Cn1ccccc1=O. The molecule has 0 aromatic carbocycles. The predicted octanol–water partition coefficient (Wildman–Crippen LogP) is -0.0635. The Kier molecular flexibility index (Phi) is 2.84. The Balaban J connectivity index is 2.81. The summed E-state index contributed by atoms with van der Waals surface area (Å²) < 4.78 is 1.38. The highest BCUT2D eigenvalue weighted by Crippen LogP contribution is 1.85. The van der Waals surface area contributed by atoms with Crippen molar-refractivity contribution in [3.05, 3.63) is 34.7 Å². The number of hydrogen-bond donors (Lipinski definition) is 0. The standard InChI is InChI=1S/C9H12N2O2/c1-10(2)9(13)7-11-6-4-3-5-8(11)12/h3-6H,7H2,1-2H3. The predicted molar refractivity (Wildman–Crippen MR) is 49.4 cm³/mol. The van der Waals surface area contributed by atoms with Gasteiger partial charge in [-0.1, -0.05) is 6.07 Å². The number of amides is 1. The molecular formula is C9H12N2O2. The molecule has 0 spiro atoms. The highest BCUT2D eigenvalue weighted by atomic mass is 16.2. The minimum Gasteiger partial charge on any atom is -0.347 e. The first-order valence-electron chi connectivity index (χ1n) is 3.97. The van der Waals surface area contributed by atoms with Crippen LogP contribution in [0.4, 0.5) is 0 Å². The summed E-state index contributed by atoms with van der Waals surface area (Å²) in [7, 11) is 3.33. The van der Waals surface area contributed by atoms with Gasteiger partial charge in [0, 0.05) is 26.4 Å². The first-order chi connectivity index (χ1) is 6.11. The third kappa shape index (κ3) is 2.43. The van der Waals surface area contributed by atoms with Crippen molar-refractivity contribution in [2.45, 2.75) is 6.54 Å². The molecule has 1 aromatic rings. The molecule has 0 saturated heterocycles. The zero-order chi connectivity index (χ0) is 9.84. The van der Waals surface area contributed by atoms with Crippen molar-refractivity contribution in [3.63, 3.8) is 0 Å². The highest BCUT2D eigenvalue weighted by molar-refractivity contribution is 5.75. The second-order valence-corrected chi connectivity index (χ2v) is 2.95. The van der Waals surface area contributed by atoms with Gasteiger partial charge in [-0.3, -0.25) is 9.59 Å². The zero-order valence-electron chi connectivity index (χ0n) is 7.73. The smallest absolute Gasteiger partial charge is 0.250 e. The van der Waals surface area contributed by atoms with Crippen LogP contribution in [0.1, 0.15) is 0 Å². The van der Waals surface area contributed by atoms with E-state index in [0.29, 0.717) is 0 Å². The number of carbonyl (C=O) groups excluding carboxylic acids is 1. The average molecular weight is 180 g/mol. The van der Waals surface area contributed by atoms with Crippen LogP contribution in [0.2, 0.25) is 0 Å². The van der Waals surface area contributed by atoms with Crippen LogP contribution in [0.5, 0.6) is 0 Å². The number of hydrogen-bond acceptors (Lipinski definition) is 2. The first-order valence-corrected chi connectivity index (χ1v) is 3.97. The largest absolute Gasteiger partial charge is 0.347 e. The maximum absolute atomic E-state index is 11.2. The minimum atomic E-state index is -0.155. The summed E-state index contributed by atoms with van der Waals surface area (Å²) in [4.78, 5) is 23.9. The van der Waals surface area contributed by atoms with Gasteiger partial charge in [-0.05, 0) is 6.07 Å². The normalized spacial score (nSPS) is 9.69. The quantitative estimate of drug-likeness (QED) is 0.639. The third-order valence-corrected chi connectivity index (χ3v) is 1.70. The Labute approximate surface area is 76.4 Å². The Morgan fingerprint density at radius 3 is 2.69 bits per heavy atom. The summed E-state index contributed by atoms with van der Waals surface area (Å²) in [5.74, 6) is -0.0895. The topological polar surface area (TPSA) is 42.3 Å². The van der Waals surface area contributed by atoms with Gasteiger partial charge in [0.1, 0.15) is 6.54 Å². The van der Waals surface area contributed by atoms with Crippen LogP contribution in [0.25, 0.3) is 0 Å². The van der Waals surface area contributed by atoms with E-state index in [0.717, 1.165) is 0 Å². The van der Waals surface area contributed by atoms with E-state index in [2.05, 4.69) is 0 Å². The van der Waals surface area contributed by atoms with E-state index >= 15 is 0 Å². The van der Waals surface area contributed by atoms with E-state index < -0.39 is 0 Å². The highest BCUT2D eigenvalue weighted by Gasteiger charge is 2.04. The summed E-state index contributed by atoms with van der Waals surface area (Å²) >= 11 is 0. The lowest BCUT2D eigenvalue weighted by atomic mass is 10.4. The van der Waals surface area contributed by atoms with Gasteiger partial charge in [-0.2, -0.15) is 0 Å². The summed E-state index contributed by atoms with van der Waals surface area (Å²) in [6.07, 6.45) is 1.60. The molecular weight excluding hydrogens is 168 g/mol. The maximum atomic E-state index is 11.2. The molecule has 1 heterocycles. The van der Waals surface area contributed by atoms with Gasteiger partial charge in [0.2, 0.25) is 5.91 Å². The Bertz CT molecular complexity index is 355. The molecule has 13 heavy (non-hydrogen) atoms. The van der Waals surface area contributed by atoms with Crippen LogP contribution in [0.3, 0.4) is 0 Å². The van der Waals surface area contributed by atoms with Gasteiger partial charge in [0.15, 0.2) is 0 Å². The molecule has 0 N–H and O–H groups in total. The number of rotatable bonds is 2. The monoisotopic (exact) mass is 180 g/mol. The fraction of sp³-hybridized carbons (Fsp3) is 0.333. The van der Waals surface area contributed by atoms with Crippen molar-refractivity contribution in [2.75, 3.05) is 14.1 Å². The zero-order valence-corrected chi connectivity index (χ0v) is 7.73. The number of likely N-dealkylation sites (N-methyl/N-ethyl adjacent to an activating group) is 1. The van der Waals surface area contributed by atoms with Crippen molar-refractivity contribution < 1.29 is 4.79 Å². The van der Waals surface area contributed by atoms with E-state index in [9.17, 15) is 9.59 Å². The summed E-state index contributed by atoms with van der Waals surface area (Å²) in [5.41, 5.74) is -0.155. The van der Waals surface area contributed by atoms with Crippen LogP contribution >= 0.6 is 0 Å². The van der Waals surface area contributed by atoms with Gasteiger partial charge < -0.3 is 9.47 Å². The van der Waals surface area contributed by atoms with Gasteiger partial charge in [0.05, 0.1) is 0 Å². The molecule has 70 valence electrons. The molecule has 0 aliphatic carbocycles. The lowest BCUT2D eigenvalue weighted by molar-refractivity contribution is -0.129. The molecule has 0 fully saturated rings. The molecule has 1 amide bonds. The van der Waals surface area contributed by atoms with Gasteiger partial charge in [-0.25, -0.2) is 0 Å². The fourth-order valence-corrected chi connectivity index (χ4v) is 0.878. The van der Waals surface area contributed by atoms with Crippen molar-refractivity contribution in [3.8, 4) is 0 Å². The van der Waals surface area contributed by atoms with E-state index in [1.165, 1.54) is 15.5 Å². The first kappa shape index (κ1) is 9.51. The lowest BCUT2D eigenvalue weighted by Gasteiger charge is -2.10. The molecule has 1 rings (SSSR count). The van der Waals surface area contributed by atoms with E-state index in [4.69, 9.17) is 0 Å². The lowest BCUT2D eigenvalue weighted by Crippen LogP contribution is -2.30. The molecule has 1 aromatic heterocycles. The molecule has 0 atom stereocenters. The maximum Gasteiger partial charge on any atom is 0.250 e. The minimum absolute atomic E-state index is 0.0895. The molecule has 0 unspecified atom stereocenters. The molecule has 0 aliphatic rings. The molecule has 0 aliphatic heterocycles. The Morgan fingerprint density at radius 1 is 1.46 bits per heavy atom. The van der Waals surface area contributed by atoms with Crippen LogP contribution in [-0.2, 0) is 11.3 Å². The van der Waals surface area contributed by atoms with E-state index in [-0.39, 0.29) is 18.0 Å². The molecule has 0 bridgehead atoms.